The number of morpholine rings is 1. The Kier molecular flexibility index (Phi) is 7.37. The van der Waals surface area contributed by atoms with Gasteiger partial charge in [0.2, 0.25) is 0 Å². The van der Waals surface area contributed by atoms with Crippen LogP contribution in [0, 0.1) is 5.82 Å². The van der Waals surface area contributed by atoms with Gasteiger partial charge in [0.15, 0.2) is 0 Å². The van der Waals surface area contributed by atoms with E-state index in [1.807, 2.05) is 4.90 Å². The maximum atomic E-state index is 15.2. The van der Waals surface area contributed by atoms with Crippen molar-refractivity contribution in [3.8, 4) is 0 Å². The third kappa shape index (κ3) is 5.24. The summed E-state index contributed by atoms with van der Waals surface area (Å²) in [5.74, 6) is -1.50. The molecular weight excluding hydrogens is 476 g/mol. The lowest BCUT2D eigenvalue weighted by molar-refractivity contribution is -0.115. The van der Waals surface area contributed by atoms with Crippen LogP contribution in [-0.4, -0.2) is 62.4 Å². The first kappa shape index (κ1) is 25.7. The lowest BCUT2D eigenvalue weighted by atomic mass is 10.00. The number of anilines is 2. The largest absolute Gasteiger partial charge is 0.417 e. The van der Waals surface area contributed by atoms with Crippen LogP contribution in [-0.2, 0) is 9.53 Å². The fourth-order valence-electron chi connectivity index (χ4n) is 4.64. The number of carbonyl (C=O) groups is 1. The van der Waals surface area contributed by atoms with Crippen molar-refractivity contribution in [2.75, 3.05) is 49.6 Å². The first-order valence-electron chi connectivity index (χ1n) is 11.6. The molecule has 10 heteroatoms. The number of benzene rings is 1. The van der Waals surface area contributed by atoms with Crippen molar-refractivity contribution in [3.63, 3.8) is 0 Å². The Labute approximate surface area is 207 Å². The predicted molar refractivity (Wildman–Crippen MR) is 132 cm³/mol. The van der Waals surface area contributed by atoms with Crippen LogP contribution in [0.2, 0.25) is 0 Å². The van der Waals surface area contributed by atoms with E-state index < -0.39 is 29.0 Å². The highest BCUT2D eigenvalue weighted by molar-refractivity contribution is 6.09. The molecule has 0 radical (unpaired) electrons. The Bertz CT molecular complexity index is 1170. The first-order chi connectivity index (χ1) is 17.1. The van der Waals surface area contributed by atoms with Gasteiger partial charge in [-0.05, 0) is 30.7 Å². The van der Waals surface area contributed by atoms with Crippen molar-refractivity contribution in [1.82, 2.24) is 10.2 Å². The van der Waals surface area contributed by atoms with Gasteiger partial charge in [0, 0.05) is 43.6 Å². The van der Waals surface area contributed by atoms with Gasteiger partial charge in [-0.25, -0.2) is 4.39 Å². The van der Waals surface area contributed by atoms with Crippen molar-refractivity contribution >= 4 is 22.9 Å². The Morgan fingerprint density at radius 2 is 2.06 bits per heavy atom. The molecular formula is C26H28F4N4O2. The molecule has 0 aliphatic carbocycles. The molecule has 192 valence electrons. The molecule has 2 fully saturated rings. The molecule has 2 N–H and O–H groups in total. The van der Waals surface area contributed by atoms with E-state index >= 15 is 4.39 Å². The summed E-state index contributed by atoms with van der Waals surface area (Å²) in [7, 11) is 0. The van der Waals surface area contributed by atoms with Crippen molar-refractivity contribution in [1.29, 1.82) is 0 Å². The number of hydrogen-bond donors (Lipinski definition) is 2. The van der Waals surface area contributed by atoms with Gasteiger partial charge >= 0.3 is 6.18 Å². The summed E-state index contributed by atoms with van der Waals surface area (Å²) in [6.07, 6.45) is 0.140. The quantitative estimate of drug-likeness (QED) is 0.461. The number of dihydropyridines is 1. The van der Waals surface area contributed by atoms with Gasteiger partial charge in [-0.3, -0.25) is 9.69 Å². The van der Waals surface area contributed by atoms with Crippen molar-refractivity contribution in [3.05, 3.63) is 77.9 Å². The minimum absolute atomic E-state index is 0.0138. The monoisotopic (exact) mass is 504 g/mol. The fraction of sp³-hybridized carbons (Fsp3) is 0.346. The molecule has 1 unspecified atom stereocenters. The number of piperazine rings is 1. The number of nitrogens with one attached hydrogen (secondary N) is 2. The van der Waals surface area contributed by atoms with Gasteiger partial charge < -0.3 is 20.3 Å². The van der Waals surface area contributed by atoms with Crippen LogP contribution < -0.4 is 15.5 Å². The Hall–Kier alpha value is -3.37. The van der Waals surface area contributed by atoms with Crippen LogP contribution in [0.25, 0.3) is 5.57 Å². The second-order valence-electron chi connectivity index (χ2n) is 8.75. The van der Waals surface area contributed by atoms with E-state index in [2.05, 4.69) is 28.7 Å². The molecule has 0 bridgehead atoms. The first-order valence-corrected chi connectivity index (χ1v) is 11.6. The van der Waals surface area contributed by atoms with Gasteiger partial charge in [0.05, 0.1) is 41.8 Å². The van der Waals surface area contributed by atoms with E-state index in [4.69, 9.17) is 4.74 Å². The molecule has 3 aliphatic rings. The van der Waals surface area contributed by atoms with E-state index in [0.29, 0.717) is 37.6 Å². The zero-order valence-corrected chi connectivity index (χ0v) is 19.9. The molecule has 1 amide bonds. The lowest BCUT2D eigenvalue weighted by Gasteiger charge is -2.45. The standard InChI is InChI=1S/C26H28F4N4O2/c1-4-17(5-2)19-11-23(32-25(35)20-13-31-16(3)10-21(20)26(28,29)30)24(12-22(19)27)34-7-6-33-8-9-36-15-18(33)14-34/h4-5,10-13,18,31H,1,3,6-9,14-15H2,2H3,(H,32,35)/b17-5+. The maximum Gasteiger partial charge on any atom is 0.417 e. The summed E-state index contributed by atoms with van der Waals surface area (Å²) in [4.78, 5) is 17.4. The van der Waals surface area contributed by atoms with Crippen LogP contribution >= 0.6 is 0 Å². The Morgan fingerprint density at radius 1 is 1.28 bits per heavy atom. The van der Waals surface area contributed by atoms with Gasteiger partial charge in [-0.1, -0.05) is 25.3 Å². The average Bonchev–Trinajstić information content (AvgIpc) is 2.85. The number of alkyl halides is 3. The molecule has 6 nitrogen and oxygen atoms in total. The number of hydrogen-bond acceptors (Lipinski definition) is 5. The van der Waals surface area contributed by atoms with Crippen molar-refractivity contribution in [2.45, 2.75) is 19.1 Å². The van der Waals surface area contributed by atoms with Crippen LogP contribution in [0.3, 0.4) is 0 Å². The summed E-state index contributed by atoms with van der Waals surface area (Å²) in [6, 6.07) is 2.84. The maximum absolute atomic E-state index is 15.2. The molecule has 0 saturated carbocycles. The zero-order valence-electron chi connectivity index (χ0n) is 19.9. The van der Waals surface area contributed by atoms with Crippen molar-refractivity contribution in [2.24, 2.45) is 0 Å². The Morgan fingerprint density at radius 3 is 2.75 bits per heavy atom. The summed E-state index contributed by atoms with van der Waals surface area (Å²) in [6.45, 7) is 12.7. The topological polar surface area (TPSA) is 56.8 Å². The molecule has 1 aromatic carbocycles. The highest BCUT2D eigenvalue weighted by Gasteiger charge is 2.40. The van der Waals surface area contributed by atoms with E-state index in [0.717, 1.165) is 25.4 Å². The normalized spacial score (nSPS) is 21.2. The van der Waals surface area contributed by atoms with Gasteiger partial charge in [-0.2, -0.15) is 13.2 Å². The van der Waals surface area contributed by atoms with Gasteiger partial charge in [0.25, 0.3) is 5.91 Å². The van der Waals surface area contributed by atoms with Crippen molar-refractivity contribution < 1.29 is 27.1 Å². The number of rotatable bonds is 5. The Balaban J connectivity index is 1.71. The van der Waals surface area contributed by atoms with E-state index in [1.54, 1.807) is 13.0 Å². The minimum atomic E-state index is -4.76. The molecule has 3 heterocycles. The predicted octanol–water partition coefficient (Wildman–Crippen LogP) is 4.36. The number of nitrogens with zero attached hydrogens (tertiary/aromatic N) is 2. The molecule has 36 heavy (non-hydrogen) atoms. The van der Waals surface area contributed by atoms with Crippen LogP contribution in [0.5, 0.6) is 0 Å². The smallest absolute Gasteiger partial charge is 0.378 e. The minimum Gasteiger partial charge on any atom is -0.378 e. The van der Waals surface area contributed by atoms with Gasteiger partial charge in [-0.15, -0.1) is 0 Å². The molecule has 2 saturated heterocycles. The fourth-order valence-corrected chi connectivity index (χ4v) is 4.64. The van der Waals surface area contributed by atoms with Crippen LogP contribution in [0.4, 0.5) is 28.9 Å². The molecule has 0 aromatic heterocycles. The lowest BCUT2D eigenvalue weighted by Crippen LogP contribution is -2.58. The van der Waals surface area contributed by atoms with Gasteiger partial charge in [0.1, 0.15) is 5.82 Å². The second-order valence-corrected chi connectivity index (χ2v) is 8.75. The number of carbonyl (C=O) groups excluding carboxylic acids is 1. The molecule has 0 spiro atoms. The summed E-state index contributed by atoms with van der Waals surface area (Å²) in [5, 5.41) is 5.17. The molecule has 1 atom stereocenters. The number of allylic oxidation sites excluding steroid dienone is 4. The highest BCUT2D eigenvalue weighted by Crippen LogP contribution is 2.37. The number of fused-ring (bicyclic) bond motifs is 1. The third-order valence-corrected chi connectivity index (χ3v) is 6.51. The summed E-state index contributed by atoms with van der Waals surface area (Å²) < 4.78 is 61.8. The van der Waals surface area contributed by atoms with Crippen LogP contribution in [0.15, 0.2) is 66.6 Å². The van der Waals surface area contributed by atoms with E-state index in [1.165, 1.54) is 18.2 Å². The van der Waals surface area contributed by atoms with Crippen LogP contribution in [0.1, 0.15) is 12.5 Å². The highest BCUT2D eigenvalue weighted by atomic mass is 19.4. The average molecular weight is 505 g/mol. The molecule has 1 aromatic rings. The number of halogens is 4. The van der Waals surface area contributed by atoms with E-state index in [-0.39, 0.29) is 23.0 Å². The summed E-state index contributed by atoms with van der Waals surface area (Å²) >= 11 is 0. The third-order valence-electron chi connectivity index (χ3n) is 6.51. The van der Waals surface area contributed by atoms with E-state index in [9.17, 15) is 18.0 Å². The molecule has 3 aliphatic heterocycles. The zero-order chi connectivity index (χ0) is 26.0. The number of ether oxygens (including phenoxy) is 1. The summed E-state index contributed by atoms with van der Waals surface area (Å²) in [5.41, 5.74) is -0.420. The molecule has 4 rings (SSSR count). The number of amides is 1. The second kappa shape index (κ2) is 10.3. The SMILES string of the molecule is C=C/C(=C\C)c1cc(NC(=O)C2=CNC(=C)C=C2C(F)(F)F)c(N2CCN3CCOCC3C2)cc1F.